The van der Waals surface area contributed by atoms with Crippen LogP contribution in [0, 0.1) is 5.82 Å². The van der Waals surface area contributed by atoms with Crippen molar-refractivity contribution >= 4 is 18.0 Å². The Morgan fingerprint density at radius 2 is 1.71 bits per heavy atom. The van der Waals surface area contributed by atoms with E-state index in [2.05, 4.69) is 5.32 Å². The molecule has 0 radical (unpaired) electrons. The number of methoxy groups -OCH3 is 1. The van der Waals surface area contributed by atoms with Gasteiger partial charge in [-0.15, -0.1) is 0 Å². The van der Waals surface area contributed by atoms with Crippen molar-refractivity contribution in [2.75, 3.05) is 7.11 Å². The first-order valence-electron chi connectivity index (χ1n) is 9.33. The molecule has 0 unspecified atom stereocenters. The number of carboxylic acids is 1. The molecule has 3 aromatic carbocycles. The van der Waals surface area contributed by atoms with E-state index < -0.39 is 11.9 Å². The van der Waals surface area contributed by atoms with E-state index in [1.54, 1.807) is 60.7 Å². The van der Waals surface area contributed by atoms with Gasteiger partial charge < -0.3 is 19.9 Å². The Labute approximate surface area is 178 Å². The number of hydrogen-bond acceptors (Lipinski definition) is 4. The van der Waals surface area contributed by atoms with Gasteiger partial charge in [-0.05, 0) is 53.6 Å². The molecule has 158 valence electrons. The Hall–Kier alpha value is -4.13. The molecule has 1 amide bonds. The molecule has 0 saturated heterocycles. The predicted octanol–water partition coefficient (Wildman–Crippen LogP) is 4.27. The van der Waals surface area contributed by atoms with Gasteiger partial charge in [0.1, 0.15) is 18.1 Å². The standard InChI is InChI=1S/C24H20FNO5/c1-30-22-14-17(9-12-21(22)31-15-16-7-10-19(25)11-8-16)13-20(24(28)29)26-23(27)18-5-3-2-4-6-18/h2-14H,15H2,1H3,(H,26,27)(H,28,29)/b20-13+. The lowest BCUT2D eigenvalue weighted by atomic mass is 10.1. The van der Waals surface area contributed by atoms with E-state index in [1.165, 1.54) is 25.3 Å². The second-order valence-electron chi connectivity index (χ2n) is 6.51. The minimum absolute atomic E-state index is 0.208. The number of benzene rings is 3. The Morgan fingerprint density at radius 1 is 1.00 bits per heavy atom. The number of ether oxygens (including phenoxy) is 2. The lowest BCUT2D eigenvalue weighted by molar-refractivity contribution is -0.132. The molecule has 0 aliphatic carbocycles. The van der Waals surface area contributed by atoms with Gasteiger partial charge >= 0.3 is 5.97 Å². The largest absolute Gasteiger partial charge is 0.493 e. The van der Waals surface area contributed by atoms with Crippen molar-refractivity contribution in [3.8, 4) is 11.5 Å². The number of carbonyl (C=O) groups excluding carboxylic acids is 1. The molecule has 0 aromatic heterocycles. The van der Waals surface area contributed by atoms with Crippen LogP contribution in [0.3, 0.4) is 0 Å². The zero-order valence-corrected chi connectivity index (χ0v) is 16.7. The number of aliphatic carboxylic acids is 1. The lowest BCUT2D eigenvalue weighted by Gasteiger charge is -2.12. The number of rotatable bonds is 8. The summed E-state index contributed by atoms with van der Waals surface area (Å²) in [4.78, 5) is 23.9. The molecular formula is C24H20FNO5. The van der Waals surface area contributed by atoms with Crippen LogP contribution >= 0.6 is 0 Å². The van der Waals surface area contributed by atoms with Crippen molar-refractivity contribution in [3.05, 3.63) is 101 Å². The van der Waals surface area contributed by atoms with Crippen LogP contribution in [0.4, 0.5) is 4.39 Å². The number of nitrogens with one attached hydrogen (secondary N) is 1. The van der Waals surface area contributed by atoms with Crippen LogP contribution in [0.1, 0.15) is 21.5 Å². The average Bonchev–Trinajstić information content (AvgIpc) is 2.79. The van der Waals surface area contributed by atoms with E-state index in [9.17, 15) is 19.1 Å². The van der Waals surface area contributed by atoms with Crippen molar-refractivity contribution in [3.63, 3.8) is 0 Å². The normalized spacial score (nSPS) is 11.0. The van der Waals surface area contributed by atoms with Crippen molar-refractivity contribution < 1.29 is 28.6 Å². The summed E-state index contributed by atoms with van der Waals surface area (Å²) in [5.74, 6) is -1.31. The first-order chi connectivity index (χ1) is 15.0. The summed E-state index contributed by atoms with van der Waals surface area (Å²) in [6, 6.07) is 19.1. The zero-order valence-electron chi connectivity index (χ0n) is 16.7. The van der Waals surface area contributed by atoms with Crippen LogP contribution in [-0.2, 0) is 11.4 Å². The predicted molar refractivity (Wildman–Crippen MR) is 113 cm³/mol. The summed E-state index contributed by atoms with van der Waals surface area (Å²) in [6.07, 6.45) is 1.33. The van der Waals surface area contributed by atoms with Gasteiger partial charge in [0.25, 0.3) is 5.91 Å². The molecule has 0 bridgehead atoms. The number of halogens is 1. The summed E-state index contributed by atoms with van der Waals surface area (Å²) in [5, 5.41) is 11.9. The van der Waals surface area contributed by atoms with Crippen LogP contribution in [0.25, 0.3) is 6.08 Å². The van der Waals surface area contributed by atoms with Gasteiger partial charge in [-0.1, -0.05) is 36.4 Å². The van der Waals surface area contributed by atoms with Crippen LogP contribution in [0.5, 0.6) is 11.5 Å². The molecule has 0 atom stereocenters. The lowest BCUT2D eigenvalue weighted by Crippen LogP contribution is -2.27. The molecule has 2 N–H and O–H groups in total. The first-order valence-corrected chi connectivity index (χ1v) is 9.33. The summed E-state index contributed by atoms with van der Waals surface area (Å²) >= 11 is 0. The van der Waals surface area contributed by atoms with E-state index >= 15 is 0 Å². The van der Waals surface area contributed by atoms with Gasteiger partial charge in [-0.25, -0.2) is 9.18 Å². The highest BCUT2D eigenvalue weighted by atomic mass is 19.1. The fourth-order valence-electron chi connectivity index (χ4n) is 2.74. The highest BCUT2D eigenvalue weighted by molar-refractivity contribution is 6.02. The van der Waals surface area contributed by atoms with Crippen molar-refractivity contribution in [1.29, 1.82) is 0 Å². The molecule has 0 heterocycles. The zero-order chi connectivity index (χ0) is 22.2. The average molecular weight is 421 g/mol. The number of amides is 1. The second kappa shape index (κ2) is 10.1. The Balaban J connectivity index is 1.77. The number of hydrogen-bond donors (Lipinski definition) is 2. The summed E-state index contributed by atoms with van der Waals surface area (Å²) < 4.78 is 24.1. The van der Waals surface area contributed by atoms with Gasteiger partial charge in [0, 0.05) is 5.56 Å². The maximum Gasteiger partial charge on any atom is 0.352 e. The number of carbonyl (C=O) groups is 2. The van der Waals surface area contributed by atoms with E-state index in [0.717, 1.165) is 5.56 Å². The monoisotopic (exact) mass is 421 g/mol. The Bertz CT molecular complexity index is 1090. The molecule has 6 nitrogen and oxygen atoms in total. The fraction of sp³-hybridized carbons (Fsp3) is 0.0833. The summed E-state index contributed by atoms with van der Waals surface area (Å²) in [5.41, 5.74) is 1.34. The van der Waals surface area contributed by atoms with Crippen molar-refractivity contribution in [2.45, 2.75) is 6.61 Å². The molecule has 0 saturated carbocycles. The maximum absolute atomic E-state index is 13.0. The molecule has 0 aliphatic rings. The maximum atomic E-state index is 13.0. The first kappa shape index (κ1) is 21.6. The van der Waals surface area contributed by atoms with Gasteiger partial charge in [-0.3, -0.25) is 4.79 Å². The van der Waals surface area contributed by atoms with Crippen LogP contribution in [0.2, 0.25) is 0 Å². The molecule has 3 aromatic rings. The van der Waals surface area contributed by atoms with Crippen LogP contribution in [0.15, 0.2) is 78.5 Å². The van der Waals surface area contributed by atoms with Gasteiger partial charge in [-0.2, -0.15) is 0 Å². The SMILES string of the molecule is COc1cc(/C=C(/NC(=O)c2ccccc2)C(=O)O)ccc1OCc1ccc(F)cc1. The highest BCUT2D eigenvalue weighted by Crippen LogP contribution is 2.29. The minimum atomic E-state index is -1.28. The smallest absolute Gasteiger partial charge is 0.352 e. The third-order valence-corrected chi connectivity index (χ3v) is 4.32. The van der Waals surface area contributed by atoms with Crippen LogP contribution < -0.4 is 14.8 Å². The van der Waals surface area contributed by atoms with E-state index in [-0.39, 0.29) is 18.1 Å². The molecule has 31 heavy (non-hydrogen) atoms. The highest BCUT2D eigenvalue weighted by Gasteiger charge is 2.14. The quantitative estimate of drug-likeness (QED) is 0.531. The van der Waals surface area contributed by atoms with Crippen molar-refractivity contribution in [2.24, 2.45) is 0 Å². The second-order valence-corrected chi connectivity index (χ2v) is 6.51. The third-order valence-electron chi connectivity index (χ3n) is 4.32. The van der Waals surface area contributed by atoms with Crippen molar-refractivity contribution in [1.82, 2.24) is 5.32 Å². The Morgan fingerprint density at radius 3 is 2.35 bits per heavy atom. The van der Waals surface area contributed by atoms with Gasteiger partial charge in [0.15, 0.2) is 11.5 Å². The third kappa shape index (κ3) is 5.93. The Kier molecular flexibility index (Phi) is 7.01. The fourth-order valence-corrected chi connectivity index (χ4v) is 2.74. The van der Waals surface area contributed by atoms with Gasteiger partial charge in [0.2, 0.25) is 0 Å². The molecule has 0 aliphatic heterocycles. The summed E-state index contributed by atoms with van der Waals surface area (Å²) in [6.45, 7) is 0.208. The number of carboxylic acid groups (broad SMARTS) is 1. The molecule has 3 rings (SSSR count). The van der Waals surface area contributed by atoms with Gasteiger partial charge in [0.05, 0.1) is 7.11 Å². The van der Waals surface area contributed by atoms with E-state index in [4.69, 9.17) is 9.47 Å². The molecule has 0 fully saturated rings. The molecule has 7 heteroatoms. The topological polar surface area (TPSA) is 84.9 Å². The van der Waals surface area contributed by atoms with Crippen LogP contribution in [-0.4, -0.2) is 24.1 Å². The van der Waals surface area contributed by atoms with E-state index in [0.29, 0.717) is 22.6 Å². The molecule has 0 spiro atoms. The molecular weight excluding hydrogens is 401 g/mol. The summed E-state index contributed by atoms with van der Waals surface area (Å²) in [7, 11) is 1.46. The van der Waals surface area contributed by atoms with E-state index in [1.807, 2.05) is 0 Å². The minimum Gasteiger partial charge on any atom is -0.493 e.